The van der Waals surface area contributed by atoms with E-state index in [0.717, 1.165) is 83.1 Å². The second-order valence-electron chi connectivity index (χ2n) is 21.0. The van der Waals surface area contributed by atoms with Gasteiger partial charge in [0.25, 0.3) is 0 Å². The summed E-state index contributed by atoms with van der Waals surface area (Å²) in [6, 6.07) is 0.360. The fourth-order valence-corrected chi connectivity index (χ4v) is 13.5. The molecule has 2 amide bonds. The number of piperazine rings is 1. The van der Waals surface area contributed by atoms with E-state index in [1.807, 2.05) is 0 Å². The van der Waals surface area contributed by atoms with Crippen molar-refractivity contribution in [2.24, 2.45) is 50.7 Å². The highest BCUT2D eigenvalue weighted by molar-refractivity contribution is 6.02. The number of carbonyl (C=O) groups excluding carboxylic acids is 3. The number of allylic oxidation sites excluding steroid dienone is 1. The number of nitrogens with one attached hydrogen (secondary N) is 2. The van der Waals surface area contributed by atoms with Gasteiger partial charge in [0.15, 0.2) is 5.78 Å². The van der Waals surface area contributed by atoms with Gasteiger partial charge < -0.3 is 20.5 Å². The summed E-state index contributed by atoms with van der Waals surface area (Å²) in [4.78, 5) is 57.4. The van der Waals surface area contributed by atoms with Crippen LogP contribution in [-0.4, -0.2) is 89.2 Å². The van der Waals surface area contributed by atoms with Crippen molar-refractivity contribution >= 4 is 23.8 Å². The molecule has 0 radical (unpaired) electrons. The molecule has 0 spiro atoms. The lowest BCUT2D eigenvalue weighted by Crippen LogP contribution is -2.67. The van der Waals surface area contributed by atoms with Crippen LogP contribution in [0.3, 0.4) is 0 Å². The van der Waals surface area contributed by atoms with Crippen molar-refractivity contribution in [2.75, 3.05) is 32.8 Å². The minimum absolute atomic E-state index is 0.0302. The Hall–Kier alpha value is -2.46. The molecule has 0 aromatic carbocycles. The first-order valence-corrected chi connectivity index (χ1v) is 21.3. The zero-order valence-corrected chi connectivity index (χ0v) is 35.5. The van der Waals surface area contributed by atoms with Crippen molar-refractivity contribution < 1.29 is 29.0 Å². The van der Waals surface area contributed by atoms with E-state index in [2.05, 4.69) is 82.7 Å². The first-order valence-electron chi connectivity index (χ1n) is 21.3. The SMILES string of the molecule is CC(C)C1=C2[C@H]3CC[C@@H]4[C@@]5(C)CC[C@H](OC(=O)CC(C)(C)C(=O)O)C(C)(C)[C@@H]5CC[C@@]4(C)[C@]3(C)CC[C@@]2(NC(=O)NCN2CCN(C(C)C)CC2)CC1=O. The summed E-state index contributed by atoms with van der Waals surface area (Å²) in [5, 5.41) is 16.3. The maximum atomic E-state index is 14.0. The molecule has 0 aromatic heterocycles. The van der Waals surface area contributed by atoms with Crippen molar-refractivity contribution in [2.45, 2.75) is 158 Å². The zero-order valence-electron chi connectivity index (χ0n) is 35.5. The lowest BCUT2D eigenvalue weighted by Gasteiger charge is -2.72. The Morgan fingerprint density at radius 2 is 1.54 bits per heavy atom. The number of ether oxygens (including phenoxy) is 1. The third kappa shape index (κ3) is 6.64. The number of hydrogen-bond acceptors (Lipinski definition) is 7. The first-order chi connectivity index (χ1) is 25.0. The molecule has 0 unspecified atom stereocenters. The second kappa shape index (κ2) is 14.2. The molecule has 1 saturated heterocycles. The van der Waals surface area contributed by atoms with Gasteiger partial charge in [-0.3, -0.25) is 24.2 Å². The van der Waals surface area contributed by atoms with Gasteiger partial charge in [-0.05, 0) is 130 Å². The Bertz CT molecular complexity index is 1540. The van der Waals surface area contributed by atoms with E-state index < -0.39 is 22.9 Å². The lowest BCUT2D eigenvalue weighted by molar-refractivity contribution is -0.232. The number of carboxylic acids is 1. The van der Waals surface area contributed by atoms with Crippen LogP contribution >= 0.6 is 0 Å². The van der Waals surface area contributed by atoms with Gasteiger partial charge in [-0.2, -0.15) is 0 Å². The van der Waals surface area contributed by atoms with E-state index in [1.165, 1.54) is 5.57 Å². The van der Waals surface area contributed by atoms with Crippen LogP contribution in [0.1, 0.15) is 140 Å². The van der Waals surface area contributed by atoms with Crippen LogP contribution < -0.4 is 10.6 Å². The van der Waals surface area contributed by atoms with E-state index in [-0.39, 0.29) is 57.8 Å². The number of nitrogens with zero attached hydrogens (tertiary/aromatic N) is 2. The molecule has 1 heterocycles. The van der Waals surface area contributed by atoms with Crippen molar-refractivity contribution in [3.05, 3.63) is 11.1 Å². The minimum Gasteiger partial charge on any atom is -0.481 e. The second-order valence-corrected chi connectivity index (χ2v) is 21.0. The molecule has 1 aliphatic heterocycles. The van der Waals surface area contributed by atoms with Crippen LogP contribution in [0.25, 0.3) is 0 Å². The number of ketones is 1. The molecule has 6 aliphatic rings. The Balaban J connectivity index is 1.21. The number of carbonyl (C=O) groups is 4. The van der Waals surface area contributed by atoms with Crippen LogP contribution in [-0.2, 0) is 19.1 Å². The molecule has 10 heteroatoms. The quantitative estimate of drug-likeness (QED) is 0.208. The molecule has 5 aliphatic carbocycles. The summed E-state index contributed by atoms with van der Waals surface area (Å²) in [5.41, 5.74) is 0.224. The van der Waals surface area contributed by atoms with Crippen LogP contribution in [0.5, 0.6) is 0 Å². The van der Waals surface area contributed by atoms with E-state index in [4.69, 9.17) is 4.74 Å². The fraction of sp³-hybridized carbons (Fsp3) is 0.864. The van der Waals surface area contributed by atoms with Crippen LogP contribution in [0.4, 0.5) is 4.79 Å². The number of Topliss-reactive ketones (excluding diaryl/α,β-unsaturated/α-hetero) is 1. The molecule has 8 atom stereocenters. The molecule has 54 heavy (non-hydrogen) atoms. The smallest absolute Gasteiger partial charge is 0.316 e. The van der Waals surface area contributed by atoms with Gasteiger partial charge in [0.2, 0.25) is 0 Å². The fourth-order valence-electron chi connectivity index (χ4n) is 13.5. The third-order valence-corrected chi connectivity index (χ3v) is 16.8. The average Bonchev–Trinajstić information content (AvgIpc) is 3.37. The van der Waals surface area contributed by atoms with Crippen molar-refractivity contribution in [3.63, 3.8) is 0 Å². The molecule has 0 bridgehead atoms. The first kappa shape index (κ1) is 41.2. The van der Waals surface area contributed by atoms with Crippen LogP contribution in [0.2, 0.25) is 0 Å². The largest absolute Gasteiger partial charge is 0.481 e. The Kier molecular flexibility index (Phi) is 10.8. The number of hydrogen-bond donors (Lipinski definition) is 3. The molecular formula is C44H72N4O6. The highest BCUT2D eigenvalue weighted by atomic mass is 16.5. The summed E-state index contributed by atoms with van der Waals surface area (Å²) < 4.78 is 6.17. The van der Waals surface area contributed by atoms with Gasteiger partial charge in [-0.1, -0.05) is 48.5 Å². The Labute approximate surface area is 325 Å². The Morgan fingerprint density at radius 3 is 2.15 bits per heavy atom. The number of fused-ring (bicyclic) bond motifs is 7. The molecule has 4 saturated carbocycles. The standard InChI is InChI=1S/C44H72N4O6/c1-27(2)35-30(49)24-44(46-38(53)45-26-47-20-22-48(23-21-47)28(3)4)19-18-42(10)29(36(35)44)12-13-32-41(9)16-15-33(54-34(50)25-39(5,6)37(51)52)40(7,8)31(41)14-17-43(32,42)11/h27-29,31-33H,12-26H2,1-11H3,(H,51,52)(H2,45,46,53)/t29-,31+,32-,33+,41+,42-,43-,44-/m1/s1. The van der Waals surface area contributed by atoms with Crippen LogP contribution in [0, 0.1) is 50.7 Å². The molecule has 304 valence electrons. The number of aliphatic carboxylic acids is 1. The van der Waals surface area contributed by atoms with Crippen molar-refractivity contribution in [3.8, 4) is 0 Å². The van der Waals surface area contributed by atoms with Gasteiger partial charge in [0.1, 0.15) is 6.10 Å². The number of amides is 2. The lowest BCUT2D eigenvalue weighted by atomic mass is 9.33. The highest BCUT2D eigenvalue weighted by Gasteiger charge is 2.70. The summed E-state index contributed by atoms with van der Waals surface area (Å²) in [6.07, 6.45) is 7.66. The molecule has 5 fully saturated rings. The number of esters is 1. The van der Waals surface area contributed by atoms with Gasteiger partial charge in [0, 0.05) is 44.1 Å². The van der Waals surface area contributed by atoms with E-state index in [1.54, 1.807) is 13.8 Å². The van der Waals surface area contributed by atoms with E-state index in [0.29, 0.717) is 31.0 Å². The van der Waals surface area contributed by atoms with Crippen LogP contribution in [0.15, 0.2) is 11.1 Å². The normalized spacial score (nSPS) is 38.4. The van der Waals surface area contributed by atoms with E-state index in [9.17, 15) is 24.3 Å². The predicted octanol–water partition coefficient (Wildman–Crippen LogP) is 7.41. The molecule has 0 aromatic rings. The predicted molar refractivity (Wildman–Crippen MR) is 210 cm³/mol. The summed E-state index contributed by atoms with van der Waals surface area (Å²) >= 11 is 0. The van der Waals surface area contributed by atoms with Crippen molar-refractivity contribution in [1.29, 1.82) is 0 Å². The third-order valence-electron chi connectivity index (χ3n) is 16.8. The van der Waals surface area contributed by atoms with Gasteiger partial charge >= 0.3 is 18.0 Å². The van der Waals surface area contributed by atoms with Crippen molar-refractivity contribution in [1.82, 2.24) is 20.4 Å². The Morgan fingerprint density at radius 1 is 0.870 bits per heavy atom. The van der Waals surface area contributed by atoms with E-state index >= 15 is 0 Å². The molecular weight excluding hydrogens is 681 g/mol. The summed E-state index contributed by atoms with van der Waals surface area (Å²) in [7, 11) is 0. The maximum absolute atomic E-state index is 14.0. The molecule has 3 N–H and O–H groups in total. The maximum Gasteiger partial charge on any atom is 0.316 e. The van der Waals surface area contributed by atoms with Gasteiger partial charge in [-0.25, -0.2) is 4.79 Å². The topological polar surface area (TPSA) is 128 Å². The van der Waals surface area contributed by atoms with Gasteiger partial charge in [-0.15, -0.1) is 0 Å². The molecule has 10 nitrogen and oxygen atoms in total. The number of carboxylic acid groups (broad SMARTS) is 1. The molecule has 6 rings (SSSR count). The summed E-state index contributed by atoms with van der Waals surface area (Å²) in [6.45, 7) is 28.4. The number of rotatable bonds is 9. The van der Waals surface area contributed by atoms with Gasteiger partial charge in [0.05, 0.1) is 24.0 Å². The minimum atomic E-state index is -1.17. The average molecular weight is 753 g/mol. The highest BCUT2D eigenvalue weighted by Crippen LogP contribution is 2.76. The summed E-state index contributed by atoms with van der Waals surface area (Å²) in [5.74, 6) is -0.0428. The monoisotopic (exact) mass is 753 g/mol. The zero-order chi connectivity index (χ0) is 39.8. The number of urea groups is 1.